The van der Waals surface area contributed by atoms with Crippen LogP contribution in [0.3, 0.4) is 0 Å². The van der Waals surface area contributed by atoms with Crippen LogP contribution in [0.2, 0.25) is 5.02 Å². The van der Waals surface area contributed by atoms with Gasteiger partial charge in [-0.05, 0) is 42.8 Å². The summed E-state index contributed by atoms with van der Waals surface area (Å²) in [6.45, 7) is 1.87. The van der Waals surface area contributed by atoms with Crippen LogP contribution in [-0.4, -0.2) is 5.91 Å². The minimum Gasteiger partial charge on any atom is -0.399 e. The number of amides is 1. The van der Waals surface area contributed by atoms with Crippen LogP contribution >= 0.6 is 11.6 Å². The number of rotatable bonds is 2. The summed E-state index contributed by atoms with van der Waals surface area (Å²) in [6, 6.07) is 9.12. The summed E-state index contributed by atoms with van der Waals surface area (Å²) in [7, 11) is 0. The van der Waals surface area contributed by atoms with Crippen LogP contribution in [-0.2, 0) is 0 Å². The third kappa shape index (κ3) is 3.03. The van der Waals surface area contributed by atoms with Crippen molar-refractivity contribution in [1.82, 2.24) is 0 Å². The molecule has 3 N–H and O–H groups in total. The standard InChI is InChI=1S/C14H12ClFN2O/c1-8-2-5-11(15)13(6-8)18-14(19)10-4-3-9(17)7-12(10)16/h2-7H,17H2,1H3,(H,18,19). The first-order valence-corrected chi connectivity index (χ1v) is 5.97. The molecule has 5 heteroatoms. The minimum atomic E-state index is -0.665. The summed E-state index contributed by atoms with van der Waals surface area (Å²) in [4.78, 5) is 12.0. The first-order chi connectivity index (χ1) is 8.97. The Labute approximate surface area is 115 Å². The molecule has 0 aliphatic rings. The van der Waals surface area contributed by atoms with Gasteiger partial charge in [-0.1, -0.05) is 17.7 Å². The lowest BCUT2D eigenvalue weighted by Gasteiger charge is -2.09. The second-order valence-electron chi connectivity index (χ2n) is 4.18. The van der Waals surface area contributed by atoms with Crippen LogP contribution in [0.15, 0.2) is 36.4 Å². The zero-order valence-corrected chi connectivity index (χ0v) is 11.0. The van der Waals surface area contributed by atoms with E-state index in [1.807, 2.05) is 13.0 Å². The molecule has 3 nitrogen and oxygen atoms in total. The molecule has 0 bridgehead atoms. The van der Waals surface area contributed by atoms with Crippen LogP contribution in [0, 0.1) is 12.7 Å². The molecular weight excluding hydrogens is 267 g/mol. The zero-order chi connectivity index (χ0) is 14.0. The van der Waals surface area contributed by atoms with E-state index in [0.717, 1.165) is 11.6 Å². The molecule has 2 aromatic rings. The van der Waals surface area contributed by atoms with Gasteiger partial charge >= 0.3 is 0 Å². The van der Waals surface area contributed by atoms with Gasteiger partial charge in [0, 0.05) is 5.69 Å². The number of aryl methyl sites for hydroxylation is 1. The third-order valence-electron chi connectivity index (χ3n) is 2.61. The van der Waals surface area contributed by atoms with Gasteiger partial charge in [0.05, 0.1) is 16.3 Å². The maximum Gasteiger partial charge on any atom is 0.258 e. The number of hydrogen-bond acceptors (Lipinski definition) is 2. The minimum absolute atomic E-state index is 0.0771. The highest BCUT2D eigenvalue weighted by molar-refractivity contribution is 6.34. The predicted octanol–water partition coefficient (Wildman–Crippen LogP) is 3.62. The summed E-state index contributed by atoms with van der Waals surface area (Å²) in [6.07, 6.45) is 0. The van der Waals surface area contributed by atoms with Crippen LogP contribution in [0.25, 0.3) is 0 Å². The second kappa shape index (κ2) is 5.28. The number of nitrogens with two attached hydrogens (primary N) is 1. The van der Waals surface area contributed by atoms with Gasteiger partial charge in [-0.2, -0.15) is 0 Å². The lowest BCUT2D eigenvalue weighted by atomic mass is 10.1. The molecular formula is C14H12ClFN2O. The second-order valence-corrected chi connectivity index (χ2v) is 4.58. The average Bonchev–Trinajstić information content (AvgIpc) is 2.33. The molecule has 2 aromatic carbocycles. The van der Waals surface area contributed by atoms with Crippen molar-refractivity contribution >= 4 is 28.9 Å². The van der Waals surface area contributed by atoms with Gasteiger partial charge in [-0.3, -0.25) is 4.79 Å². The molecule has 0 fully saturated rings. The van der Waals surface area contributed by atoms with E-state index in [2.05, 4.69) is 5.32 Å². The Morgan fingerprint density at radius 1 is 1.26 bits per heavy atom. The first-order valence-electron chi connectivity index (χ1n) is 5.60. The van der Waals surface area contributed by atoms with Crippen molar-refractivity contribution < 1.29 is 9.18 Å². The molecule has 19 heavy (non-hydrogen) atoms. The monoisotopic (exact) mass is 278 g/mol. The van der Waals surface area contributed by atoms with E-state index in [9.17, 15) is 9.18 Å². The molecule has 0 saturated carbocycles. The molecule has 0 aliphatic heterocycles. The maximum atomic E-state index is 13.6. The van der Waals surface area contributed by atoms with E-state index in [0.29, 0.717) is 10.7 Å². The normalized spacial score (nSPS) is 10.3. The molecule has 0 aromatic heterocycles. The van der Waals surface area contributed by atoms with Gasteiger partial charge in [0.15, 0.2) is 0 Å². The lowest BCUT2D eigenvalue weighted by molar-refractivity contribution is 0.102. The fourth-order valence-electron chi connectivity index (χ4n) is 1.64. The highest BCUT2D eigenvalue weighted by atomic mass is 35.5. The molecule has 0 saturated heterocycles. The summed E-state index contributed by atoms with van der Waals surface area (Å²) >= 11 is 5.96. The molecule has 98 valence electrons. The number of hydrogen-bond donors (Lipinski definition) is 2. The smallest absolute Gasteiger partial charge is 0.258 e. The molecule has 1 amide bonds. The van der Waals surface area contributed by atoms with Crippen molar-refractivity contribution in [3.8, 4) is 0 Å². The van der Waals surface area contributed by atoms with Gasteiger partial charge in [0.2, 0.25) is 0 Å². The Kier molecular flexibility index (Phi) is 3.71. The fourth-order valence-corrected chi connectivity index (χ4v) is 1.80. The maximum absolute atomic E-state index is 13.6. The molecule has 0 unspecified atom stereocenters. The Bertz CT molecular complexity index is 643. The Morgan fingerprint density at radius 2 is 2.00 bits per heavy atom. The van der Waals surface area contributed by atoms with Crippen molar-refractivity contribution in [3.05, 3.63) is 58.4 Å². The van der Waals surface area contributed by atoms with Gasteiger partial charge in [0.1, 0.15) is 5.82 Å². The van der Waals surface area contributed by atoms with Crippen molar-refractivity contribution in [2.24, 2.45) is 0 Å². The summed E-state index contributed by atoms with van der Waals surface area (Å²) < 4.78 is 13.6. The van der Waals surface area contributed by atoms with Crippen molar-refractivity contribution in [3.63, 3.8) is 0 Å². The van der Waals surface area contributed by atoms with E-state index in [1.54, 1.807) is 12.1 Å². The number of halogens is 2. The van der Waals surface area contributed by atoms with Crippen LogP contribution < -0.4 is 11.1 Å². The summed E-state index contributed by atoms with van der Waals surface area (Å²) in [5.41, 5.74) is 7.01. The molecule has 0 spiro atoms. The van der Waals surface area contributed by atoms with Gasteiger partial charge in [-0.25, -0.2) is 4.39 Å². The summed E-state index contributed by atoms with van der Waals surface area (Å²) in [5.74, 6) is -1.23. The highest BCUT2D eigenvalue weighted by Crippen LogP contribution is 2.24. The Morgan fingerprint density at radius 3 is 2.68 bits per heavy atom. The Hall–Kier alpha value is -2.07. The molecule has 0 heterocycles. The van der Waals surface area contributed by atoms with E-state index < -0.39 is 11.7 Å². The van der Waals surface area contributed by atoms with Crippen LogP contribution in [0.1, 0.15) is 15.9 Å². The zero-order valence-electron chi connectivity index (χ0n) is 10.2. The van der Waals surface area contributed by atoms with Gasteiger partial charge in [0.25, 0.3) is 5.91 Å². The van der Waals surface area contributed by atoms with E-state index in [1.165, 1.54) is 12.1 Å². The van der Waals surface area contributed by atoms with E-state index >= 15 is 0 Å². The largest absolute Gasteiger partial charge is 0.399 e. The number of benzene rings is 2. The molecule has 0 aliphatic carbocycles. The predicted molar refractivity (Wildman–Crippen MR) is 75.0 cm³/mol. The SMILES string of the molecule is Cc1ccc(Cl)c(NC(=O)c2ccc(N)cc2F)c1. The number of anilines is 2. The van der Waals surface area contributed by atoms with E-state index in [-0.39, 0.29) is 11.3 Å². The van der Waals surface area contributed by atoms with Gasteiger partial charge in [-0.15, -0.1) is 0 Å². The van der Waals surface area contributed by atoms with Gasteiger partial charge < -0.3 is 11.1 Å². The topological polar surface area (TPSA) is 55.1 Å². The lowest BCUT2D eigenvalue weighted by Crippen LogP contribution is -2.14. The average molecular weight is 279 g/mol. The Balaban J connectivity index is 2.28. The molecule has 0 atom stereocenters. The van der Waals surface area contributed by atoms with Crippen molar-refractivity contribution in [2.45, 2.75) is 6.92 Å². The van der Waals surface area contributed by atoms with Crippen molar-refractivity contribution in [2.75, 3.05) is 11.1 Å². The summed E-state index contributed by atoms with van der Waals surface area (Å²) in [5, 5.41) is 2.97. The number of nitrogens with one attached hydrogen (secondary N) is 1. The quantitative estimate of drug-likeness (QED) is 0.824. The third-order valence-corrected chi connectivity index (χ3v) is 2.94. The molecule has 0 radical (unpaired) electrons. The van der Waals surface area contributed by atoms with Crippen LogP contribution in [0.5, 0.6) is 0 Å². The fraction of sp³-hybridized carbons (Fsp3) is 0.0714. The number of nitrogen functional groups attached to an aromatic ring is 1. The number of carbonyl (C=O) groups excluding carboxylic acids is 1. The van der Waals surface area contributed by atoms with Crippen LogP contribution in [0.4, 0.5) is 15.8 Å². The van der Waals surface area contributed by atoms with E-state index in [4.69, 9.17) is 17.3 Å². The molecule has 2 rings (SSSR count). The number of carbonyl (C=O) groups is 1. The first kappa shape index (κ1) is 13.4. The highest BCUT2D eigenvalue weighted by Gasteiger charge is 2.13. The van der Waals surface area contributed by atoms with Crippen molar-refractivity contribution in [1.29, 1.82) is 0 Å².